The van der Waals surface area contributed by atoms with E-state index in [1.54, 1.807) is 4.68 Å². The first-order valence-electron chi connectivity index (χ1n) is 9.04. The van der Waals surface area contributed by atoms with E-state index >= 15 is 0 Å². The second-order valence-electron chi connectivity index (χ2n) is 6.91. The average Bonchev–Trinajstić information content (AvgIpc) is 3.37. The molecule has 3 heterocycles. The van der Waals surface area contributed by atoms with Crippen LogP contribution in [0.25, 0.3) is 0 Å². The van der Waals surface area contributed by atoms with Crippen molar-refractivity contribution in [2.75, 3.05) is 31.6 Å². The Hall–Kier alpha value is -2.09. The first kappa shape index (κ1) is 19.7. The molecule has 1 unspecified atom stereocenters. The number of ether oxygens (including phenoxy) is 2. The van der Waals surface area contributed by atoms with Gasteiger partial charge in [-0.25, -0.2) is 0 Å². The van der Waals surface area contributed by atoms with E-state index in [1.807, 2.05) is 43.7 Å². The van der Waals surface area contributed by atoms with Crippen LogP contribution in [-0.4, -0.2) is 48.1 Å². The van der Waals surface area contributed by atoms with Crippen LogP contribution in [0.1, 0.15) is 17.9 Å². The fraction of sp³-hybridized carbons (Fsp3) is 0.474. The Morgan fingerprint density at radius 3 is 2.96 bits per heavy atom. The van der Waals surface area contributed by atoms with E-state index in [0.29, 0.717) is 24.6 Å². The summed E-state index contributed by atoms with van der Waals surface area (Å²) < 4.78 is 13.2. The molecule has 0 spiro atoms. The van der Waals surface area contributed by atoms with E-state index < -0.39 is 0 Å². The van der Waals surface area contributed by atoms with Crippen molar-refractivity contribution >= 4 is 24.0 Å². The summed E-state index contributed by atoms with van der Waals surface area (Å²) >= 11 is 0. The number of carbonyl (C=O) groups excluding carboxylic acids is 1. The van der Waals surface area contributed by atoms with Crippen molar-refractivity contribution in [3.8, 4) is 5.75 Å². The molecule has 146 valence electrons. The quantitative estimate of drug-likeness (QED) is 0.813. The molecule has 1 aromatic carbocycles. The van der Waals surface area contributed by atoms with E-state index in [9.17, 15) is 4.79 Å². The van der Waals surface area contributed by atoms with Gasteiger partial charge in [0.2, 0.25) is 5.91 Å². The highest BCUT2D eigenvalue weighted by Gasteiger charge is 2.35. The van der Waals surface area contributed by atoms with Crippen molar-refractivity contribution < 1.29 is 14.3 Å². The number of carbonyl (C=O) groups is 1. The molecule has 4 rings (SSSR count). The molecule has 27 heavy (non-hydrogen) atoms. The summed E-state index contributed by atoms with van der Waals surface area (Å²) in [5.41, 5.74) is 1.80. The minimum atomic E-state index is -0.137. The van der Waals surface area contributed by atoms with Crippen molar-refractivity contribution in [3.05, 3.63) is 42.2 Å². The zero-order valence-corrected chi connectivity index (χ0v) is 16.1. The van der Waals surface area contributed by atoms with Crippen LogP contribution in [0.3, 0.4) is 0 Å². The first-order valence-corrected chi connectivity index (χ1v) is 9.04. The van der Waals surface area contributed by atoms with Crippen LogP contribution in [0.15, 0.2) is 36.7 Å². The van der Waals surface area contributed by atoms with Crippen LogP contribution in [-0.2, 0) is 16.6 Å². The van der Waals surface area contributed by atoms with Gasteiger partial charge in [0.05, 0.1) is 31.0 Å². The molecule has 0 bridgehead atoms. The number of hydrogen-bond donors (Lipinski definition) is 2. The third-order valence-electron chi connectivity index (χ3n) is 5.03. The Kier molecular flexibility index (Phi) is 6.36. The standard InChI is InChI=1S/C19H24N4O3.ClH/c1-23-11-13(8-21-23)15-9-20-10-16(15)19(24)22-17-4-2-3-5-18(17)26-14-6-7-25-12-14;/h2-5,8,11,14-16,20H,6-7,9-10,12H2,1H3,(H,22,24);1H/t14?,15-,16+;/m1./s1. The number of nitrogens with one attached hydrogen (secondary N) is 2. The third kappa shape index (κ3) is 4.43. The molecular weight excluding hydrogens is 368 g/mol. The van der Waals surface area contributed by atoms with Crippen LogP contribution in [0, 0.1) is 5.92 Å². The zero-order chi connectivity index (χ0) is 17.9. The molecule has 8 heteroatoms. The van der Waals surface area contributed by atoms with Crippen LogP contribution < -0.4 is 15.4 Å². The largest absolute Gasteiger partial charge is 0.486 e. The smallest absolute Gasteiger partial charge is 0.229 e. The molecule has 0 aliphatic carbocycles. The molecule has 2 saturated heterocycles. The van der Waals surface area contributed by atoms with Crippen molar-refractivity contribution in [1.29, 1.82) is 0 Å². The zero-order valence-electron chi connectivity index (χ0n) is 15.3. The number of para-hydroxylation sites is 2. The fourth-order valence-electron chi connectivity index (χ4n) is 3.62. The lowest BCUT2D eigenvalue weighted by molar-refractivity contribution is -0.119. The Morgan fingerprint density at radius 1 is 1.37 bits per heavy atom. The number of anilines is 1. The van der Waals surface area contributed by atoms with Gasteiger partial charge in [0.1, 0.15) is 11.9 Å². The van der Waals surface area contributed by atoms with Gasteiger partial charge >= 0.3 is 0 Å². The van der Waals surface area contributed by atoms with E-state index in [0.717, 1.165) is 25.1 Å². The molecule has 2 aromatic rings. The summed E-state index contributed by atoms with van der Waals surface area (Å²) in [4.78, 5) is 12.9. The minimum Gasteiger partial charge on any atom is -0.486 e. The second kappa shape index (κ2) is 8.73. The predicted octanol–water partition coefficient (Wildman–Crippen LogP) is 1.95. The summed E-state index contributed by atoms with van der Waals surface area (Å²) in [7, 11) is 1.89. The van der Waals surface area contributed by atoms with Gasteiger partial charge in [0.15, 0.2) is 0 Å². The van der Waals surface area contributed by atoms with Crippen LogP contribution in [0.2, 0.25) is 0 Å². The van der Waals surface area contributed by atoms with Gasteiger partial charge in [-0.2, -0.15) is 5.10 Å². The van der Waals surface area contributed by atoms with Gasteiger partial charge in [-0.1, -0.05) is 12.1 Å². The molecule has 0 saturated carbocycles. The lowest BCUT2D eigenvalue weighted by Crippen LogP contribution is -2.28. The number of hydrogen-bond acceptors (Lipinski definition) is 5. The van der Waals surface area contributed by atoms with Crippen LogP contribution in [0.4, 0.5) is 5.69 Å². The van der Waals surface area contributed by atoms with Crippen LogP contribution >= 0.6 is 12.4 Å². The van der Waals surface area contributed by atoms with Gasteiger partial charge < -0.3 is 20.1 Å². The van der Waals surface area contributed by atoms with Gasteiger partial charge in [0.25, 0.3) is 0 Å². The van der Waals surface area contributed by atoms with Gasteiger partial charge in [-0.05, 0) is 17.7 Å². The number of aryl methyl sites for hydroxylation is 1. The summed E-state index contributed by atoms with van der Waals surface area (Å²) in [6.45, 7) is 2.75. The predicted molar refractivity (Wildman–Crippen MR) is 104 cm³/mol. The SMILES string of the molecule is Cl.Cn1cc([C@H]2CNC[C@@H]2C(=O)Nc2ccccc2OC2CCOC2)cn1. The maximum atomic E-state index is 12.9. The summed E-state index contributed by atoms with van der Waals surface area (Å²) in [6.07, 6.45) is 4.74. The average molecular weight is 393 g/mol. The van der Waals surface area contributed by atoms with E-state index in [2.05, 4.69) is 15.7 Å². The molecular formula is C19H25ClN4O3. The summed E-state index contributed by atoms with van der Waals surface area (Å²) in [5, 5.41) is 10.6. The maximum Gasteiger partial charge on any atom is 0.229 e. The molecule has 2 aliphatic heterocycles. The molecule has 0 radical (unpaired) electrons. The molecule has 1 aromatic heterocycles. The van der Waals surface area contributed by atoms with Gasteiger partial charge in [-0.3, -0.25) is 9.48 Å². The topological polar surface area (TPSA) is 77.4 Å². The molecule has 7 nitrogen and oxygen atoms in total. The minimum absolute atomic E-state index is 0. The maximum absolute atomic E-state index is 12.9. The Morgan fingerprint density at radius 2 is 2.22 bits per heavy atom. The van der Waals surface area contributed by atoms with Crippen molar-refractivity contribution in [2.24, 2.45) is 13.0 Å². The van der Waals surface area contributed by atoms with E-state index in [4.69, 9.17) is 9.47 Å². The molecule has 3 atom stereocenters. The monoisotopic (exact) mass is 392 g/mol. The second-order valence-corrected chi connectivity index (χ2v) is 6.91. The number of halogens is 1. The van der Waals surface area contributed by atoms with E-state index in [-0.39, 0.29) is 36.3 Å². The Balaban J connectivity index is 0.00000210. The lowest BCUT2D eigenvalue weighted by atomic mass is 9.90. The number of nitrogens with zero attached hydrogens (tertiary/aromatic N) is 2. The van der Waals surface area contributed by atoms with Gasteiger partial charge in [0, 0.05) is 38.7 Å². The highest BCUT2D eigenvalue weighted by atomic mass is 35.5. The van der Waals surface area contributed by atoms with Crippen molar-refractivity contribution in [2.45, 2.75) is 18.4 Å². The highest BCUT2D eigenvalue weighted by Crippen LogP contribution is 2.31. The number of rotatable bonds is 5. The summed E-state index contributed by atoms with van der Waals surface area (Å²) in [6, 6.07) is 7.58. The fourth-order valence-corrected chi connectivity index (χ4v) is 3.62. The third-order valence-corrected chi connectivity index (χ3v) is 5.03. The Bertz CT molecular complexity index is 776. The molecule has 2 fully saturated rings. The highest BCUT2D eigenvalue weighted by molar-refractivity contribution is 5.95. The molecule has 1 amide bonds. The van der Waals surface area contributed by atoms with E-state index in [1.165, 1.54) is 0 Å². The summed E-state index contributed by atoms with van der Waals surface area (Å²) in [5.74, 6) is 0.685. The molecule has 2 aliphatic rings. The molecule has 2 N–H and O–H groups in total. The van der Waals surface area contributed by atoms with Crippen molar-refractivity contribution in [3.63, 3.8) is 0 Å². The lowest BCUT2D eigenvalue weighted by Gasteiger charge is -2.20. The number of benzene rings is 1. The normalized spacial score (nSPS) is 24.4. The number of aromatic nitrogens is 2. The van der Waals surface area contributed by atoms with Crippen molar-refractivity contribution in [1.82, 2.24) is 15.1 Å². The Labute approximate surface area is 164 Å². The number of amides is 1. The van der Waals surface area contributed by atoms with Crippen LogP contribution in [0.5, 0.6) is 5.75 Å². The van der Waals surface area contributed by atoms with Gasteiger partial charge in [-0.15, -0.1) is 12.4 Å². The first-order chi connectivity index (χ1) is 12.7.